The van der Waals surface area contributed by atoms with E-state index in [0.29, 0.717) is 17.0 Å². The molecule has 124 valence electrons. The lowest BCUT2D eigenvalue weighted by Crippen LogP contribution is -2.56. The molecule has 0 saturated carbocycles. The van der Waals surface area contributed by atoms with Crippen molar-refractivity contribution in [1.29, 1.82) is 0 Å². The molecule has 1 atom stereocenters. The zero-order chi connectivity index (χ0) is 17.5. The highest BCUT2D eigenvalue weighted by Gasteiger charge is 2.47. The van der Waals surface area contributed by atoms with Crippen molar-refractivity contribution >= 4 is 23.2 Å². The van der Waals surface area contributed by atoms with Crippen LogP contribution < -0.4 is 15.4 Å². The number of hydrogen-bond acceptors (Lipinski definition) is 3. The summed E-state index contributed by atoms with van der Waals surface area (Å²) in [5.74, 6) is -1.28. The fourth-order valence-electron chi connectivity index (χ4n) is 2.41. The van der Waals surface area contributed by atoms with Gasteiger partial charge in [0, 0.05) is 5.69 Å². The third-order valence-corrected chi connectivity index (χ3v) is 3.99. The molecule has 2 N–H and O–H groups in total. The number of hydrogen-bond donors (Lipinski definition) is 2. The van der Waals surface area contributed by atoms with Crippen molar-refractivity contribution in [2.45, 2.75) is 26.4 Å². The molecule has 1 aliphatic heterocycles. The van der Waals surface area contributed by atoms with Gasteiger partial charge in [-0.3, -0.25) is 9.59 Å². The number of amides is 2. The molecule has 3 rings (SSSR count). The Labute approximate surface area is 138 Å². The summed E-state index contributed by atoms with van der Waals surface area (Å²) >= 11 is 0. The van der Waals surface area contributed by atoms with Crippen LogP contribution in [0.3, 0.4) is 0 Å². The van der Waals surface area contributed by atoms with Gasteiger partial charge < -0.3 is 15.4 Å². The van der Waals surface area contributed by atoms with E-state index in [-0.39, 0.29) is 5.69 Å². The molecule has 1 unspecified atom stereocenters. The second-order valence-electron chi connectivity index (χ2n) is 6.01. The van der Waals surface area contributed by atoms with Crippen LogP contribution in [0, 0.1) is 19.7 Å². The minimum Gasteiger partial charge on any atom is -0.466 e. The molecule has 24 heavy (non-hydrogen) atoms. The SMILES string of the molecule is Cc1ccc2c(c1)NC(=O)C(C)(C(=O)Nc1ccc(C)c(F)c1)O2. The first-order chi connectivity index (χ1) is 11.3. The van der Waals surface area contributed by atoms with Crippen LogP contribution in [-0.2, 0) is 9.59 Å². The van der Waals surface area contributed by atoms with Gasteiger partial charge >= 0.3 is 0 Å². The van der Waals surface area contributed by atoms with E-state index in [1.807, 2.05) is 13.0 Å². The highest BCUT2D eigenvalue weighted by Crippen LogP contribution is 2.34. The Bertz CT molecular complexity index is 850. The fourth-order valence-corrected chi connectivity index (χ4v) is 2.41. The van der Waals surface area contributed by atoms with Crippen molar-refractivity contribution in [2.24, 2.45) is 0 Å². The minimum absolute atomic E-state index is 0.260. The highest BCUT2D eigenvalue weighted by molar-refractivity contribution is 6.19. The molecule has 2 aromatic rings. The zero-order valence-electron chi connectivity index (χ0n) is 13.6. The molecule has 0 fully saturated rings. The first-order valence-corrected chi connectivity index (χ1v) is 7.48. The largest absolute Gasteiger partial charge is 0.466 e. The van der Waals surface area contributed by atoms with Gasteiger partial charge in [0.15, 0.2) is 0 Å². The third kappa shape index (κ3) is 2.71. The Morgan fingerprint density at radius 2 is 1.96 bits per heavy atom. The predicted molar refractivity (Wildman–Crippen MR) is 88.6 cm³/mol. The Morgan fingerprint density at radius 1 is 1.21 bits per heavy atom. The molecule has 1 heterocycles. The number of carbonyl (C=O) groups excluding carboxylic acids is 2. The second-order valence-corrected chi connectivity index (χ2v) is 6.01. The standard InChI is InChI=1S/C18H17FN2O3/c1-10-4-7-15-14(8-10)21-17(23)18(3,24-15)16(22)20-12-6-5-11(2)13(19)9-12/h4-9H,1-3H3,(H,20,22)(H,21,23). The Morgan fingerprint density at radius 3 is 2.67 bits per heavy atom. The van der Waals surface area contributed by atoms with E-state index in [1.54, 1.807) is 31.2 Å². The van der Waals surface area contributed by atoms with Crippen molar-refractivity contribution < 1.29 is 18.7 Å². The number of benzene rings is 2. The van der Waals surface area contributed by atoms with E-state index in [1.165, 1.54) is 13.0 Å². The van der Waals surface area contributed by atoms with E-state index in [0.717, 1.165) is 5.56 Å². The maximum absolute atomic E-state index is 13.6. The van der Waals surface area contributed by atoms with Crippen molar-refractivity contribution in [3.8, 4) is 5.75 Å². The molecule has 0 spiro atoms. The minimum atomic E-state index is -1.75. The molecule has 0 saturated heterocycles. The number of fused-ring (bicyclic) bond motifs is 1. The maximum Gasteiger partial charge on any atom is 0.278 e. The molecule has 0 aromatic heterocycles. The fraction of sp³-hybridized carbons (Fsp3) is 0.222. The van der Waals surface area contributed by atoms with Crippen LogP contribution in [0.1, 0.15) is 18.1 Å². The van der Waals surface area contributed by atoms with Gasteiger partial charge in [-0.1, -0.05) is 12.1 Å². The smallest absolute Gasteiger partial charge is 0.278 e. The average Bonchev–Trinajstić information content (AvgIpc) is 2.52. The summed E-state index contributed by atoms with van der Waals surface area (Å²) in [5, 5.41) is 5.21. The average molecular weight is 328 g/mol. The van der Waals surface area contributed by atoms with E-state index in [9.17, 15) is 14.0 Å². The first kappa shape index (κ1) is 16.0. The van der Waals surface area contributed by atoms with Crippen LogP contribution in [0.2, 0.25) is 0 Å². The lowest BCUT2D eigenvalue weighted by atomic mass is 10.0. The summed E-state index contributed by atoms with van der Waals surface area (Å²) in [6.45, 7) is 4.89. The lowest BCUT2D eigenvalue weighted by Gasteiger charge is -2.33. The van der Waals surface area contributed by atoms with Crippen molar-refractivity contribution in [3.05, 3.63) is 53.3 Å². The molecular weight excluding hydrogens is 311 g/mol. The van der Waals surface area contributed by atoms with Gasteiger partial charge in [0.25, 0.3) is 17.4 Å². The summed E-state index contributed by atoms with van der Waals surface area (Å²) in [4.78, 5) is 24.9. The van der Waals surface area contributed by atoms with Crippen molar-refractivity contribution in [3.63, 3.8) is 0 Å². The van der Waals surface area contributed by atoms with Crippen molar-refractivity contribution in [1.82, 2.24) is 0 Å². The number of anilines is 2. The van der Waals surface area contributed by atoms with E-state index in [2.05, 4.69) is 10.6 Å². The molecular formula is C18H17FN2O3. The quantitative estimate of drug-likeness (QED) is 0.832. The molecule has 5 nitrogen and oxygen atoms in total. The molecule has 0 aliphatic carbocycles. The van der Waals surface area contributed by atoms with Gasteiger partial charge in [0.05, 0.1) is 5.69 Å². The number of rotatable bonds is 2. The molecule has 0 radical (unpaired) electrons. The summed E-state index contributed by atoms with van der Waals surface area (Å²) in [6, 6.07) is 9.60. The topological polar surface area (TPSA) is 67.4 Å². The molecule has 6 heteroatoms. The zero-order valence-corrected chi connectivity index (χ0v) is 13.6. The van der Waals surface area contributed by atoms with Gasteiger partial charge in [-0.05, 0) is 56.2 Å². The maximum atomic E-state index is 13.6. The molecule has 0 bridgehead atoms. The van der Waals surface area contributed by atoms with Gasteiger partial charge in [0.2, 0.25) is 0 Å². The second kappa shape index (κ2) is 5.63. The lowest BCUT2D eigenvalue weighted by molar-refractivity contribution is -0.143. The van der Waals surface area contributed by atoms with Crippen LogP contribution in [0.4, 0.5) is 15.8 Å². The normalized spacial score (nSPS) is 19.1. The Kier molecular flexibility index (Phi) is 3.75. The van der Waals surface area contributed by atoms with Crippen LogP contribution >= 0.6 is 0 Å². The summed E-state index contributed by atoms with van der Waals surface area (Å²) in [7, 11) is 0. The molecule has 1 aliphatic rings. The first-order valence-electron chi connectivity index (χ1n) is 7.48. The summed E-state index contributed by atoms with van der Waals surface area (Å²) in [6.07, 6.45) is 0. The third-order valence-electron chi connectivity index (χ3n) is 3.99. The van der Waals surface area contributed by atoms with Crippen LogP contribution in [0.5, 0.6) is 5.75 Å². The highest BCUT2D eigenvalue weighted by atomic mass is 19.1. The van der Waals surface area contributed by atoms with Crippen molar-refractivity contribution in [2.75, 3.05) is 10.6 Å². The number of carbonyl (C=O) groups is 2. The van der Waals surface area contributed by atoms with E-state index >= 15 is 0 Å². The van der Waals surface area contributed by atoms with Gasteiger partial charge in [-0.25, -0.2) is 4.39 Å². The van der Waals surface area contributed by atoms with Crippen LogP contribution in [-0.4, -0.2) is 17.4 Å². The molecule has 2 amide bonds. The van der Waals surface area contributed by atoms with Crippen LogP contribution in [0.25, 0.3) is 0 Å². The van der Waals surface area contributed by atoms with Gasteiger partial charge in [-0.15, -0.1) is 0 Å². The van der Waals surface area contributed by atoms with E-state index in [4.69, 9.17) is 4.74 Å². The number of aryl methyl sites for hydroxylation is 2. The number of halogens is 1. The molecule has 2 aromatic carbocycles. The monoisotopic (exact) mass is 328 g/mol. The Hall–Kier alpha value is -2.89. The number of ether oxygens (including phenoxy) is 1. The predicted octanol–water partition coefficient (Wildman–Crippen LogP) is 3.17. The van der Waals surface area contributed by atoms with E-state index < -0.39 is 23.2 Å². The van der Waals surface area contributed by atoms with Gasteiger partial charge in [-0.2, -0.15) is 0 Å². The van der Waals surface area contributed by atoms with Gasteiger partial charge in [0.1, 0.15) is 11.6 Å². The number of nitrogens with one attached hydrogen (secondary N) is 2. The summed E-state index contributed by atoms with van der Waals surface area (Å²) < 4.78 is 19.3. The Balaban J connectivity index is 1.87. The summed E-state index contributed by atoms with van der Waals surface area (Å²) in [5.41, 5.74) is 0.460. The van der Waals surface area contributed by atoms with Crippen LogP contribution in [0.15, 0.2) is 36.4 Å².